The van der Waals surface area contributed by atoms with Gasteiger partial charge in [0.05, 0.1) is 6.54 Å². The summed E-state index contributed by atoms with van der Waals surface area (Å²) in [5, 5.41) is 4.25. The Balaban J connectivity index is 2.10. The van der Waals surface area contributed by atoms with Crippen molar-refractivity contribution in [2.45, 2.75) is 53.6 Å². The molecule has 3 aromatic rings. The van der Waals surface area contributed by atoms with E-state index in [2.05, 4.69) is 24.1 Å². The minimum Gasteiger partial charge on any atom is -0.325 e. The van der Waals surface area contributed by atoms with Gasteiger partial charge in [-0.05, 0) is 61.6 Å². The Hall–Kier alpha value is -2.90. The van der Waals surface area contributed by atoms with E-state index in [0.29, 0.717) is 21.7 Å². The molecular formula is C26H30Cl2N4O3. The number of carbonyl (C=O) groups excluding carboxylic acids is 1. The lowest BCUT2D eigenvalue weighted by molar-refractivity contribution is -0.121. The van der Waals surface area contributed by atoms with Crippen LogP contribution in [0.2, 0.25) is 10.0 Å². The first-order valence-corrected chi connectivity index (χ1v) is 12.3. The first-order valence-electron chi connectivity index (χ1n) is 11.5. The number of nitrogens with one attached hydrogen (secondary N) is 1. The van der Waals surface area contributed by atoms with E-state index in [4.69, 9.17) is 23.2 Å². The molecule has 1 N–H and O–H groups in total. The molecule has 1 aromatic heterocycles. The molecule has 2 atom stereocenters. The van der Waals surface area contributed by atoms with Gasteiger partial charge in [-0.1, -0.05) is 62.2 Å². The van der Waals surface area contributed by atoms with E-state index in [9.17, 15) is 14.4 Å². The predicted molar refractivity (Wildman–Crippen MR) is 141 cm³/mol. The molecule has 0 radical (unpaired) electrons. The molecule has 1 unspecified atom stereocenters. The Morgan fingerprint density at radius 3 is 2.26 bits per heavy atom. The Labute approximate surface area is 214 Å². The number of benzene rings is 2. The highest BCUT2D eigenvalue weighted by Crippen LogP contribution is 2.25. The molecule has 0 fully saturated rings. The third-order valence-electron chi connectivity index (χ3n) is 6.06. The number of hydrogen-bond donors (Lipinski definition) is 1. The highest BCUT2D eigenvalue weighted by Gasteiger charge is 2.24. The molecule has 0 amide bonds. The number of nitrogens with zero attached hydrogens (tertiary/aromatic N) is 3. The van der Waals surface area contributed by atoms with Crippen molar-refractivity contribution in [3.63, 3.8) is 0 Å². The van der Waals surface area contributed by atoms with Crippen molar-refractivity contribution in [3.05, 3.63) is 84.6 Å². The van der Waals surface area contributed by atoms with E-state index in [1.807, 2.05) is 12.1 Å². The van der Waals surface area contributed by atoms with Crippen molar-refractivity contribution < 1.29 is 4.79 Å². The minimum absolute atomic E-state index is 0.0848. The Bertz CT molecular complexity index is 1330. The van der Waals surface area contributed by atoms with Crippen LogP contribution >= 0.6 is 23.2 Å². The number of rotatable bonds is 9. The maximum Gasteiger partial charge on any atom is 0.355 e. The van der Waals surface area contributed by atoms with Gasteiger partial charge < -0.3 is 5.32 Å². The van der Waals surface area contributed by atoms with Crippen molar-refractivity contribution in [3.8, 4) is 0 Å². The fourth-order valence-electron chi connectivity index (χ4n) is 3.79. The fourth-order valence-corrected chi connectivity index (χ4v) is 4.17. The summed E-state index contributed by atoms with van der Waals surface area (Å²) in [5.74, 6) is -0.116. The number of ketones is 1. The van der Waals surface area contributed by atoms with Crippen LogP contribution in [0.3, 0.4) is 0 Å². The van der Waals surface area contributed by atoms with Crippen molar-refractivity contribution in [1.29, 1.82) is 0 Å². The van der Waals surface area contributed by atoms with Crippen LogP contribution in [0.4, 0.5) is 11.6 Å². The second-order valence-electron chi connectivity index (χ2n) is 9.25. The number of halogens is 2. The molecule has 0 aliphatic heterocycles. The van der Waals surface area contributed by atoms with Crippen molar-refractivity contribution in [2.24, 2.45) is 11.8 Å². The van der Waals surface area contributed by atoms with Crippen LogP contribution in [-0.2, 0) is 17.8 Å². The van der Waals surface area contributed by atoms with Gasteiger partial charge in [-0.25, -0.2) is 14.2 Å². The quantitative estimate of drug-likeness (QED) is 0.406. The lowest BCUT2D eigenvalue weighted by atomic mass is 10.00. The van der Waals surface area contributed by atoms with Crippen molar-refractivity contribution in [2.75, 3.05) is 5.32 Å². The Kier molecular flexibility index (Phi) is 8.56. The molecule has 0 aliphatic rings. The van der Waals surface area contributed by atoms with Crippen LogP contribution in [0, 0.1) is 11.8 Å². The average Bonchev–Trinajstić information content (AvgIpc) is 2.78. The van der Waals surface area contributed by atoms with E-state index in [0.717, 1.165) is 22.1 Å². The molecule has 0 saturated heterocycles. The summed E-state index contributed by atoms with van der Waals surface area (Å²) in [6, 6.07) is 11.9. The van der Waals surface area contributed by atoms with Gasteiger partial charge in [0, 0.05) is 27.7 Å². The molecule has 2 aromatic carbocycles. The summed E-state index contributed by atoms with van der Waals surface area (Å²) >= 11 is 12.5. The molecule has 1 heterocycles. The molecule has 0 bridgehead atoms. The average molecular weight is 517 g/mol. The number of carbonyl (C=O) groups is 1. The summed E-state index contributed by atoms with van der Waals surface area (Å²) in [5.41, 5.74) is 1.12. The molecule has 9 heteroatoms. The maximum absolute atomic E-state index is 13.6. The lowest BCUT2D eigenvalue weighted by Gasteiger charge is -2.22. The summed E-state index contributed by atoms with van der Waals surface area (Å²) in [6.45, 7) is 9.18. The first-order chi connectivity index (χ1) is 16.5. The van der Waals surface area contributed by atoms with E-state index < -0.39 is 23.3 Å². The third kappa shape index (κ3) is 6.41. The fraction of sp³-hybridized carbons (Fsp3) is 0.385. The van der Waals surface area contributed by atoms with Gasteiger partial charge in [0.25, 0.3) is 0 Å². The van der Waals surface area contributed by atoms with Crippen LogP contribution in [-0.4, -0.2) is 19.9 Å². The summed E-state index contributed by atoms with van der Waals surface area (Å²) in [7, 11) is 0. The van der Waals surface area contributed by atoms with E-state index in [1.54, 1.807) is 44.2 Å². The normalized spacial score (nSPS) is 13.0. The standard InChI is InChI=1S/C26H30Cl2N4O3/c1-15(2)12-20-8-11-22(13-23(20)28)29-24-30-25(34)32(17(4)16(3)18(5)33)26(35)31(24)14-19-6-9-21(27)10-7-19/h6-11,13,15-17H,12,14H2,1-5H3,(H,29,30,34)/t16-,17?/m1/s1. The summed E-state index contributed by atoms with van der Waals surface area (Å²) in [6.07, 6.45) is 0.834. The summed E-state index contributed by atoms with van der Waals surface area (Å²) < 4.78 is 2.41. The highest BCUT2D eigenvalue weighted by atomic mass is 35.5. The van der Waals surface area contributed by atoms with Gasteiger partial charge >= 0.3 is 11.4 Å². The molecule has 3 rings (SSSR count). The first kappa shape index (κ1) is 26.7. The third-order valence-corrected chi connectivity index (χ3v) is 6.67. The van der Waals surface area contributed by atoms with Crippen LogP contribution in [0.5, 0.6) is 0 Å². The number of Topliss-reactive ketones (excluding diaryl/α,β-unsaturated/α-hetero) is 1. The zero-order chi connectivity index (χ0) is 25.9. The molecule has 186 valence electrons. The van der Waals surface area contributed by atoms with Crippen molar-refractivity contribution >= 4 is 40.6 Å². The monoisotopic (exact) mass is 516 g/mol. The molecule has 0 saturated carbocycles. The zero-order valence-electron chi connectivity index (χ0n) is 20.5. The maximum atomic E-state index is 13.6. The van der Waals surface area contributed by atoms with Crippen LogP contribution in [0.15, 0.2) is 52.1 Å². The molecule has 7 nitrogen and oxygen atoms in total. The van der Waals surface area contributed by atoms with Crippen LogP contribution < -0.4 is 16.7 Å². The van der Waals surface area contributed by atoms with Gasteiger partial charge in [-0.2, -0.15) is 4.98 Å². The minimum atomic E-state index is -0.729. The van der Waals surface area contributed by atoms with E-state index >= 15 is 0 Å². The topological polar surface area (TPSA) is 86.0 Å². The van der Waals surface area contributed by atoms with Gasteiger partial charge in [0.15, 0.2) is 0 Å². The molecular weight excluding hydrogens is 487 g/mol. The Morgan fingerprint density at radius 1 is 1.03 bits per heavy atom. The number of anilines is 2. The molecule has 0 aliphatic carbocycles. The van der Waals surface area contributed by atoms with Crippen molar-refractivity contribution in [1.82, 2.24) is 14.1 Å². The van der Waals surface area contributed by atoms with Gasteiger partial charge in [0.1, 0.15) is 5.78 Å². The van der Waals surface area contributed by atoms with E-state index in [-0.39, 0.29) is 18.3 Å². The van der Waals surface area contributed by atoms with Gasteiger partial charge in [-0.15, -0.1) is 0 Å². The SMILES string of the molecule is CC(=O)[C@H](C)C(C)n1c(=O)nc(Nc2ccc(CC(C)C)c(Cl)c2)n(Cc2ccc(Cl)cc2)c1=O. The number of aromatic nitrogens is 3. The zero-order valence-corrected chi connectivity index (χ0v) is 22.0. The Morgan fingerprint density at radius 2 is 1.69 bits per heavy atom. The second-order valence-corrected chi connectivity index (χ2v) is 10.1. The summed E-state index contributed by atoms with van der Waals surface area (Å²) in [4.78, 5) is 42.6. The van der Waals surface area contributed by atoms with Gasteiger partial charge in [0.2, 0.25) is 5.95 Å². The second kappa shape index (κ2) is 11.2. The van der Waals surface area contributed by atoms with Gasteiger partial charge in [-0.3, -0.25) is 9.36 Å². The lowest BCUT2D eigenvalue weighted by Crippen LogP contribution is -2.46. The largest absolute Gasteiger partial charge is 0.355 e. The molecule has 35 heavy (non-hydrogen) atoms. The predicted octanol–water partition coefficient (Wildman–Crippen LogP) is 5.49. The highest BCUT2D eigenvalue weighted by molar-refractivity contribution is 6.31. The smallest absolute Gasteiger partial charge is 0.325 e. The van der Waals surface area contributed by atoms with Crippen LogP contribution in [0.1, 0.15) is 51.8 Å². The van der Waals surface area contributed by atoms with E-state index in [1.165, 1.54) is 11.5 Å². The number of hydrogen-bond acceptors (Lipinski definition) is 5. The van der Waals surface area contributed by atoms with Crippen LogP contribution in [0.25, 0.3) is 0 Å². The molecule has 0 spiro atoms.